The van der Waals surface area contributed by atoms with Crippen LogP contribution < -0.4 is 10.1 Å². The molecule has 0 aromatic heterocycles. The van der Waals surface area contributed by atoms with Crippen molar-refractivity contribution in [1.29, 1.82) is 0 Å². The van der Waals surface area contributed by atoms with Gasteiger partial charge in [-0.15, -0.1) is 0 Å². The van der Waals surface area contributed by atoms with Gasteiger partial charge in [0.25, 0.3) is 0 Å². The van der Waals surface area contributed by atoms with E-state index in [9.17, 15) is 14.4 Å². The molecule has 1 aromatic carbocycles. The second kappa shape index (κ2) is 9.59. The Morgan fingerprint density at radius 1 is 1.22 bits per heavy atom. The van der Waals surface area contributed by atoms with E-state index in [1.165, 1.54) is 7.11 Å². The van der Waals surface area contributed by atoms with Gasteiger partial charge in [0.1, 0.15) is 11.7 Å². The summed E-state index contributed by atoms with van der Waals surface area (Å²) in [5.41, 5.74) is 2.77. The first-order valence-electron chi connectivity index (χ1n) is 11.0. The Hall–Kier alpha value is -3.09. The lowest BCUT2D eigenvalue weighted by molar-refractivity contribution is -0.151. The minimum atomic E-state index is -0.928. The molecule has 1 aromatic rings. The molecule has 1 N–H and O–H groups in total. The Balaban J connectivity index is 2.24. The summed E-state index contributed by atoms with van der Waals surface area (Å²) in [6.45, 7) is 9.43. The Kier molecular flexibility index (Phi) is 7.06. The van der Waals surface area contributed by atoms with Crippen molar-refractivity contribution in [1.82, 2.24) is 5.32 Å². The van der Waals surface area contributed by atoms with E-state index in [2.05, 4.69) is 5.32 Å². The molecule has 7 nitrogen and oxygen atoms in total. The number of para-hydroxylation sites is 1. The lowest BCUT2D eigenvalue weighted by Gasteiger charge is -2.38. The maximum absolute atomic E-state index is 13.7. The van der Waals surface area contributed by atoms with Gasteiger partial charge in [-0.1, -0.05) is 25.1 Å². The predicted molar refractivity (Wildman–Crippen MR) is 119 cm³/mol. The second-order valence-electron chi connectivity index (χ2n) is 8.46. The van der Waals surface area contributed by atoms with Gasteiger partial charge in [0.05, 0.1) is 31.3 Å². The van der Waals surface area contributed by atoms with E-state index in [0.717, 1.165) is 5.70 Å². The maximum Gasteiger partial charge on any atom is 0.336 e. The lowest BCUT2D eigenvalue weighted by atomic mass is 9.69. The molecule has 7 heteroatoms. The SMILES string of the molecule is CCOC(=O)C1=C(C)NC2=C(C(=O)[C@@H](C(=O)OC)[C@H](C)C2)[C@@H]1c1ccccc1OC(C)C. The summed E-state index contributed by atoms with van der Waals surface area (Å²) in [4.78, 5) is 39.2. The van der Waals surface area contributed by atoms with Crippen LogP contribution in [0.25, 0.3) is 0 Å². The van der Waals surface area contributed by atoms with Gasteiger partial charge in [-0.3, -0.25) is 9.59 Å². The molecule has 0 amide bonds. The number of hydrogen-bond acceptors (Lipinski definition) is 7. The van der Waals surface area contributed by atoms with Crippen LogP contribution in [0.1, 0.15) is 52.5 Å². The third-order valence-corrected chi connectivity index (χ3v) is 5.83. The minimum Gasteiger partial charge on any atom is -0.491 e. The maximum atomic E-state index is 13.7. The molecular weight excluding hydrogens is 410 g/mol. The summed E-state index contributed by atoms with van der Waals surface area (Å²) in [5.74, 6) is -2.71. The van der Waals surface area contributed by atoms with Gasteiger partial charge in [-0.2, -0.15) is 0 Å². The molecule has 0 unspecified atom stereocenters. The fraction of sp³-hybridized carbons (Fsp3) is 0.480. The zero-order valence-electron chi connectivity index (χ0n) is 19.5. The minimum absolute atomic E-state index is 0.104. The molecule has 172 valence electrons. The molecule has 0 saturated heterocycles. The molecule has 3 rings (SSSR count). The number of Topliss-reactive ketones (excluding diaryl/α,β-unsaturated/α-hetero) is 1. The van der Waals surface area contributed by atoms with Crippen LogP contribution >= 0.6 is 0 Å². The zero-order valence-corrected chi connectivity index (χ0v) is 19.5. The van der Waals surface area contributed by atoms with Crippen molar-refractivity contribution in [2.75, 3.05) is 13.7 Å². The predicted octanol–water partition coefficient (Wildman–Crippen LogP) is 3.65. The van der Waals surface area contributed by atoms with Crippen molar-refractivity contribution in [3.8, 4) is 5.75 Å². The van der Waals surface area contributed by atoms with Gasteiger partial charge < -0.3 is 19.5 Å². The number of ether oxygens (including phenoxy) is 3. The van der Waals surface area contributed by atoms with Crippen molar-refractivity contribution < 1.29 is 28.6 Å². The Labute approximate surface area is 188 Å². The van der Waals surface area contributed by atoms with E-state index in [1.54, 1.807) is 13.8 Å². The normalized spacial score (nSPS) is 23.0. The number of ketones is 1. The number of carbonyl (C=O) groups is 3. The van der Waals surface area contributed by atoms with Crippen LogP contribution in [-0.2, 0) is 23.9 Å². The van der Waals surface area contributed by atoms with Crippen LogP contribution in [0.5, 0.6) is 5.75 Å². The molecule has 1 aliphatic carbocycles. The summed E-state index contributed by atoms with van der Waals surface area (Å²) in [6, 6.07) is 7.36. The van der Waals surface area contributed by atoms with Crippen molar-refractivity contribution >= 4 is 17.7 Å². The molecule has 0 fully saturated rings. The Morgan fingerprint density at radius 3 is 2.53 bits per heavy atom. The third-order valence-electron chi connectivity index (χ3n) is 5.83. The van der Waals surface area contributed by atoms with Crippen LogP contribution in [-0.4, -0.2) is 37.5 Å². The number of methoxy groups -OCH3 is 1. The summed E-state index contributed by atoms with van der Waals surface area (Å²) in [7, 11) is 1.28. The van der Waals surface area contributed by atoms with E-state index in [4.69, 9.17) is 14.2 Å². The van der Waals surface area contributed by atoms with Crippen molar-refractivity contribution in [2.24, 2.45) is 11.8 Å². The molecule has 0 spiro atoms. The zero-order chi connectivity index (χ0) is 23.6. The largest absolute Gasteiger partial charge is 0.491 e. The standard InChI is InChI=1S/C25H31NO6/c1-7-31-25(29)20-15(5)26-17-12-14(4)19(24(28)30-6)23(27)22(17)21(20)16-10-8-9-11-18(16)32-13(2)3/h8-11,13-14,19,21,26H,7,12H2,1-6H3/t14-,19+,21-/m1/s1. The summed E-state index contributed by atoms with van der Waals surface area (Å²) in [6.07, 6.45) is 0.380. The fourth-order valence-corrected chi connectivity index (χ4v) is 4.55. The average Bonchev–Trinajstić information content (AvgIpc) is 2.72. The molecular formula is C25H31NO6. The van der Waals surface area contributed by atoms with Crippen molar-refractivity contribution in [3.63, 3.8) is 0 Å². The van der Waals surface area contributed by atoms with E-state index >= 15 is 0 Å². The first-order chi connectivity index (χ1) is 15.2. The number of nitrogens with one attached hydrogen (secondary N) is 1. The molecule has 0 bridgehead atoms. The van der Waals surface area contributed by atoms with E-state index in [-0.39, 0.29) is 24.4 Å². The van der Waals surface area contributed by atoms with Crippen LogP contribution in [0, 0.1) is 11.8 Å². The smallest absolute Gasteiger partial charge is 0.336 e. The first kappa shape index (κ1) is 23.6. The molecule has 32 heavy (non-hydrogen) atoms. The highest BCUT2D eigenvalue weighted by molar-refractivity contribution is 6.12. The number of dihydropyridines is 1. The third kappa shape index (κ3) is 4.29. The molecule has 1 aliphatic heterocycles. The Bertz CT molecular complexity index is 990. The highest BCUT2D eigenvalue weighted by Crippen LogP contribution is 2.47. The number of esters is 2. The number of allylic oxidation sites excluding steroid dienone is 3. The average molecular weight is 442 g/mol. The topological polar surface area (TPSA) is 90.9 Å². The van der Waals surface area contributed by atoms with Crippen LogP contribution in [0.2, 0.25) is 0 Å². The van der Waals surface area contributed by atoms with E-state index < -0.39 is 23.8 Å². The van der Waals surface area contributed by atoms with Crippen LogP contribution in [0.4, 0.5) is 0 Å². The summed E-state index contributed by atoms with van der Waals surface area (Å²) >= 11 is 0. The molecule has 3 atom stereocenters. The van der Waals surface area contributed by atoms with Gasteiger partial charge >= 0.3 is 11.9 Å². The first-order valence-corrected chi connectivity index (χ1v) is 11.0. The quantitative estimate of drug-likeness (QED) is 0.532. The van der Waals surface area contributed by atoms with Gasteiger partial charge in [-0.25, -0.2) is 4.79 Å². The summed E-state index contributed by atoms with van der Waals surface area (Å²) in [5, 5.41) is 3.25. The number of carbonyl (C=O) groups excluding carboxylic acids is 3. The number of hydrogen-bond donors (Lipinski definition) is 1. The van der Waals surface area contributed by atoms with E-state index in [1.807, 2.05) is 45.0 Å². The monoisotopic (exact) mass is 441 g/mol. The highest BCUT2D eigenvalue weighted by atomic mass is 16.5. The fourth-order valence-electron chi connectivity index (χ4n) is 4.55. The number of rotatable bonds is 6. The lowest BCUT2D eigenvalue weighted by Crippen LogP contribution is -2.43. The van der Waals surface area contributed by atoms with Gasteiger partial charge in [0.2, 0.25) is 0 Å². The van der Waals surface area contributed by atoms with Crippen LogP contribution in [0.15, 0.2) is 46.8 Å². The van der Waals surface area contributed by atoms with Gasteiger partial charge in [-0.05, 0) is 46.1 Å². The van der Waals surface area contributed by atoms with Crippen molar-refractivity contribution in [2.45, 2.75) is 53.1 Å². The number of benzene rings is 1. The van der Waals surface area contributed by atoms with Crippen LogP contribution in [0.3, 0.4) is 0 Å². The molecule has 2 aliphatic rings. The molecule has 0 radical (unpaired) electrons. The van der Waals surface area contributed by atoms with E-state index in [0.29, 0.717) is 34.6 Å². The highest BCUT2D eigenvalue weighted by Gasteiger charge is 2.47. The second-order valence-corrected chi connectivity index (χ2v) is 8.46. The van der Waals surface area contributed by atoms with Gasteiger partial charge in [0, 0.05) is 22.5 Å². The van der Waals surface area contributed by atoms with Crippen molar-refractivity contribution in [3.05, 3.63) is 52.4 Å². The Morgan fingerprint density at radius 2 is 1.91 bits per heavy atom. The molecule has 0 saturated carbocycles. The summed E-state index contributed by atoms with van der Waals surface area (Å²) < 4.78 is 16.3. The van der Waals surface area contributed by atoms with Gasteiger partial charge in [0.15, 0.2) is 5.78 Å². The molecule has 1 heterocycles.